The molecule has 49 heavy (non-hydrogen) atoms. The lowest BCUT2D eigenvalue weighted by Crippen LogP contribution is -2.44. The largest absolute Gasteiger partial charge is 0.490 e. The van der Waals surface area contributed by atoms with Gasteiger partial charge in [0, 0.05) is 50.3 Å². The molecule has 1 saturated heterocycles. The van der Waals surface area contributed by atoms with Gasteiger partial charge in [0.1, 0.15) is 29.0 Å². The first-order valence-electron chi connectivity index (χ1n) is 16.6. The number of aromatic nitrogens is 3. The van der Waals surface area contributed by atoms with E-state index in [2.05, 4.69) is 14.9 Å². The summed E-state index contributed by atoms with van der Waals surface area (Å²) >= 11 is 0. The number of alkyl halides is 3. The summed E-state index contributed by atoms with van der Waals surface area (Å²) < 4.78 is 72.1. The van der Waals surface area contributed by atoms with Gasteiger partial charge in [-0.3, -0.25) is 9.69 Å². The molecule has 13 heteroatoms. The third kappa shape index (κ3) is 7.99. The molecule has 2 aromatic heterocycles. The van der Waals surface area contributed by atoms with Gasteiger partial charge >= 0.3 is 12.1 Å². The van der Waals surface area contributed by atoms with E-state index in [9.17, 15) is 22.4 Å². The third-order valence-corrected chi connectivity index (χ3v) is 9.43. The first kappa shape index (κ1) is 34.6. The number of benzene rings is 2. The number of halogens is 4. The van der Waals surface area contributed by atoms with Gasteiger partial charge in [0.05, 0.1) is 36.7 Å². The summed E-state index contributed by atoms with van der Waals surface area (Å²) in [6, 6.07) is 11.7. The van der Waals surface area contributed by atoms with E-state index in [0.29, 0.717) is 54.3 Å². The lowest BCUT2D eigenvalue weighted by atomic mass is 9.69. The van der Waals surface area contributed by atoms with Gasteiger partial charge < -0.3 is 24.1 Å². The van der Waals surface area contributed by atoms with Crippen molar-refractivity contribution < 1.29 is 36.6 Å². The van der Waals surface area contributed by atoms with Gasteiger partial charge in [-0.2, -0.15) is 13.2 Å². The molecule has 6 rings (SSSR count). The number of anilines is 1. The number of ether oxygens (including phenoxy) is 3. The minimum atomic E-state index is -4.71. The highest BCUT2D eigenvalue weighted by molar-refractivity contribution is 5.91. The Labute approximate surface area is 282 Å². The number of piperidine rings is 1. The fourth-order valence-electron chi connectivity index (χ4n) is 6.84. The Morgan fingerprint density at radius 2 is 1.80 bits per heavy atom. The number of fused-ring (bicyclic) bond motifs is 1. The Morgan fingerprint density at radius 1 is 1.06 bits per heavy atom. The summed E-state index contributed by atoms with van der Waals surface area (Å²) in [5.74, 6) is 0.0206. The molecule has 0 unspecified atom stereocenters. The molecule has 2 aliphatic rings. The van der Waals surface area contributed by atoms with E-state index >= 15 is 0 Å². The van der Waals surface area contributed by atoms with Crippen LogP contribution in [0.2, 0.25) is 0 Å². The summed E-state index contributed by atoms with van der Waals surface area (Å²) in [6.07, 6.45) is -0.0172. The summed E-state index contributed by atoms with van der Waals surface area (Å²) in [5, 5.41) is 0. The number of esters is 1. The van der Waals surface area contributed by atoms with Gasteiger partial charge in [-0.1, -0.05) is 6.42 Å². The van der Waals surface area contributed by atoms with Gasteiger partial charge in [0.2, 0.25) is 0 Å². The van der Waals surface area contributed by atoms with Crippen molar-refractivity contribution in [2.45, 2.75) is 51.3 Å². The smallest absolute Gasteiger partial charge is 0.416 e. The third-order valence-electron chi connectivity index (χ3n) is 9.43. The van der Waals surface area contributed by atoms with Crippen LogP contribution < -0.4 is 9.64 Å². The van der Waals surface area contributed by atoms with Gasteiger partial charge in [0.15, 0.2) is 5.65 Å². The van der Waals surface area contributed by atoms with Crippen molar-refractivity contribution >= 4 is 22.8 Å². The number of H-pyrrole nitrogens is 1. The van der Waals surface area contributed by atoms with Crippen LogP contribution in [0.5, 0.6) is 5.75 Å². The molecule has 1 aliphatic carbocycles. The number of hydrogen-bond donors (Lipinski definition) is 1. The van der Waals surface area contributed by atoms with Crippen LogP contribution in [-0.4, -0.2) is 85.5 Å². The molecular formula is C36H41F4N5O4. The number of likely N-dealkylation sites (tertiary alicyclic amines) is 1. The average Bonchev–Trinajstić information content (AvgIpc) is 3.48. The van der Waals surface area contributed by atoms with E-state index in [1.165, 1.54) is 0 Å². The van der Waals surface area contributed by atoms with Crippen molar-refractivity contribution in [3.8, 4) is 28.4 Å². The number of imidazole rings is 1. The van der Waals surface area contributed by atoms with Gasteiger partial charge in [-0.05, 0) is 81.1 Å². The molecule has 3 heterocycles. The molecule has 1 saturated carbocycles. The second-order valence-electron chi connectivity index (χ2n) is 13.1. The molecule has 1 aliphatic heterocycles. The number of carbonyl (C=O) groups is 1. The maximum absolute atomic E-state index is 14.5. The summed E-state index contributed by atoms with van der Waals surface area (Å²) in [4.78, 5) is 28.7. The zero-order valence-electron chi connectivity index (χ0n) is 27.9. The number of nitrogens with one attached hydrogen (secondary N) is 1. The normalized spacial score (nSPS) is 16.8. The summed E-state index contributed by atoms with van der Waals surface area (Å²) in [5.41, 5.74) is 1.45. The highest BCUT2D eigenvalue weighted by Crippen LogP contribution is 2.43. The molecule has 1 N–H and O–H groups in total. The van der Waals surface area contributed by atoms with Crippen LogP contribution in [0.1, 0.15) is 44.6 Å². The average molecular weight is 684 g/mol. The fraction of sp³-hybridized carbons (Fsp3) is 0.472. The minimum absolute atomic E-state index is 0.0110. The Kier molecular flexibility index (Phi) is 10.1. The van der Waals surface area contributed by atoms with Crippen molar-refractivity contribution in [3.05, 3.63) is 59.9 Å². The van der Waals surface area contributed by atoms with Crippen LogP contribution in [-0.2, 0) is 20.4 Å². The SMILES string of the molecule is CCOC(=O)CN1CCC(Oc2ccc(-c3nc4nc(-c5cc(F)cc(C(F)(F)F)c5)cc(N(C)CC5(COC)CCC5)c4[nH]3)cc2)CC1. The molecule has 0 radical (unpaired) electrons. The molecule has 4 aromatic rings. The number of carbonyl (C=O) groups excluding carboxylic acids is 1. The lowest BCUT2D eigenvalue weighted by molar-refractivity contribution is -0.145. The van der Waals surface area contributed by atoms with E-state index in [4.69, 9.17) is 19.2 Å². The summed E-state index contributed by atoms with van der Waals surface area (Å²) in [6.45, 7) is 5.17. The zero-order chi connectivity index (χ0) is 34.8. The summed E-state index contributed by atoms with van der Waals surface area (Å²) in [7, 11) is 3.61. The lowest BCUT2D eigenvalue weighted by Gasteiger charge is -2.44. The fourth-order valence-corrected chi connectivity index (χ4v) is 6.84. The van der Waals surface area contributed by atoms with Crippen LogP contribution in [0.25, 0.3) is 33.8 Å². The molecule has 262 valence electrons. The predicted octanol–water partition coefficient (Wildman–Crippen LogP) is 7.11. The number of nitrogens with zero attached hydrogens (tertiary/aromatic N) is 4. The maximum Gasteiger partial charge on any atom is 0.416 e. The van der Waals surface area contributed by atoms with E-state index in [1.54, 1.807) is 20.1 Å². The van der Waals surface area contributed by atoms with Gasteiger partial charge in [-0.15, -0.1) is 0 Å². The number of pyridine rings is 1. The maximum atomic E-state index is 14.5. The minimum Gasteiger partial charge on any atom is -0.490 e. The Hall–Kier alpha value is -4.23. The van der Waals surface area contributed by atoms with Crippen molar-refractivity contribution in [1.82, 2.24) is 19.9 Å². The number of methoxy groups -OCH3 is 1. The molecular weight excluding hydrogens is 642 g/mol. The van der Waals surface area contributed by atoms with E-state index < -0.39 is 17.6 Å². The molecule has 0 amide bonds. The zero-order valence-corrected chi connectivity index (χ0v) is 27.9. The second-order valence-corrected chi connectivity index (χ2v) is 13.1. The monoisotopic (exact) mass is 683 g/mol. The van der Waals surface area contributed by atoms with Crippen molar-refractivity contribution in [3.63, 3.8) is 0 Å². The molecule has 9 nitrogen and oxygen atoms in total. The van der Waals surface area contributed by atoms with Crippen molar-refractivity contribution in [2.24, 2.45) is 5.41 Å². The van der Waals surface area contributed by atoms with E-state index in [1.807, 2.05) is 36.2 Å². The quantitative estimate of drug-likeness (QED) is 0.125. The number of aromatic amines is 1. The molecule has 0 spiro atoms. The second kappa shape index (κ2) is 14.3. The van der Waals surface area contributed by atoms with Crippen molar-refractivity contribution in [1.29, 1.82) is 0 Å². The predicted molar refractivity (Wildman–Crippen MR) is 178 cm³/mol. The van der Waals surface area contributed by atoms with Crippen molar-refractivity contribution in [2.75, 3.05) is 58.5 Å². The first-order valence-corrected chi connectivity index (χ1v) is 16.6. The van der Waals surface area contributed by atoms with Gasteiger partial charge in [-0.25, -0.2) is 14.4 Å². The molecule has 0 atom stereocenters. The highest BCUT2D eigenvalue weighted by Gasteiger charge is 2.38. The van der Waals surface area contributed by atoms with Crippen LogP contribution in [0.4, 0.5) is 23.2 Å². The van der Waals surface area contributed by atoms with Crippen LogP contribution >= 0.6 is 0 Å². The van der Waals surface area contributed by atoms with Gasteiger partial charge in [0.25, 0.3) is 0 Å². The standard InChI is InChI=1S/C36H41F4N5O4/c1-4-48-31(46)20-45-14-10-28(11-15-45)49-27-8-6-23(7-9-27)33-42-32-30(44(2)21-35(22-47-3)12-5-13-35)19-29(41-34(32)43-33)24-16-25(36(38,39)40)18-26(37)17-24/h6-9,16-19,28H,4-5,10-15,20-22H2,1-3H3,(H,41,42,43). The Bertz CT molecular complexity index is 1770. The van der Waals surface area contributed by atoms with E-state index in [-0.39, 0.29) is 35.3 Å². The number of rotatable bonds is 12. The highest BCUT2D eigenvalue weighted by atomic mass is 19.4. The number of hydrogen-bond acceptors (Lipinski definition) is 8. The first-order chi connectivity index (χ1) is 23.4. The molecule has 2 fully saturated rings. The molecule has 2 aromatic carbocycles. The van der Waals surface area contributed by atoms with Crippen LogP contribution in [0.3, 0.4) is 0 Å². The Balaban J connectivity index is 1.26. The Morgan fingerprint density at radius 3 is 2.43 bits per heavy atom. The van der Waals surface area contributed by atoms with E-state index in [0.717, 1.165) is 62.9 Å². The van der Waals surface area contributed by atoms with Crippen LogP contribution in [0, 0.1) is 11.2 Å². The molecule has 0 bridgehead atoms. The topological polar surface area (TPSA) is 92.8 Å². The van der Waals surface area contributed by atoms with Crippen LogP contribution in [0.15, 0.2) is 48.5 Å².